The highest BCUT2D eigenvalue weighted by Gasteiger charge is 2.44. The van der Waals surface area contributed by atoms with Crippen molar-refractivity contribution < 1.29 is 14.3 Å². The zero-order chi connectivity index (χ0) is 33.1. The van der Waals surface area contributed by atoms with Crippen molar-refractivity contribution in [1.29, 1.82) is 0 Å². The van der Waals surface area contributed by atoms with Crippen LogP contribution in [0.5, 0.6) is 0 Å². The van der Waals surface area contributed by atoms with E-state index < -0.39 is 11.7 Å². The van der Waals surface area contributed by atoms with E-state index in [-0.39, 0.29) is 11.8 Å². The highest BCUT2D eigenvalue weighted by molar-refractivity contribution is 5.89. The maximum atomic E-state index is 13.2. The third-order valence-electron chi connectivity index (χ3n) is 8.59. The molecule has 8 heteroatoms. The van der Waals surface area contributed by atoms with Crippen LogP contribution in [0.1, 0.15) is 68.7 Å². The standard InChI is InChI=1S/C29H35N5O3.C7H8.C2H6/c1-4-11-30-27(35)22(16-21-14-19(2)26-23(17-21)18-31-33-26)15-20(3)34-12-9-29(10-13-34)24-7-5-6-8-25(24)32-28(36)37-29;1-7-5-3-2-4-6-7;1-2/h5-8,14,17-18,22H,3-4,9-13,15-16H2,1-2H3,(H,30,35)(H,31,33)(H,32,36);2-6H,1H3;1-2H3. The van der Waals surface area contributed by atoms with Gasteiger partial charge in [-0.15, -0.1) is 0 Å². The number of amides is 2. The van der Waals surface area contributed by atoms with Crippen LogP contribution in [-0.2, 0) is 21.6 Å². The van der Waals surface area contributed by atoms with Gasteiger partial charge in [-0.2, -0.15) is 5.10 Å². The van der Waals surface area contributed by atoms with E-state index >= 15 is 0 Å². The molecule has 3 heterocycles. The van der Waals surface area contributed by atoms with Crippen LogP contribution in [0.3, 0.4) is 0 Å². The molecule has 1 unspecified atom stereocenters. The second-order valence-corrected chi connectivity index (χ2v) is 11.9. The highest BCUT2D eigenvalue weighted by Crippen LogP contribution is 2.44. The fourth-order valence-corrected chi connectivity index (χ4v) is 6.23. The number of nitrogens with one attached hydrogen (secondary N) is 3. The summed E-state index contributed by atoms with van der Waals surface area (Å²) in [5.74, 6) is -0.168. The van der Waals surface area contributed by atoms with Gasteiger partial charge in [0.2, 0.25) is 5.91 Å². The molecule has 3 N–H and O–H groups in total. The summed E-state index contributed by atoms with van der Waals surface area (Å²) in [5, 5.41) is 14.2. The summed E-state index contributed by atoms with van der Waals surface area (Å²) in [6.45, 7) is 16.7. The lowest BCUT2D eigenvalue weighted by Crippen LogP contribution is -2.48. The van der Waals surface area contributed by atoms with Crippen molar-refractivity contribution in [3.05, 3.63) is 107 Å². The number of piperidine rings is 1. The number of likely N-dealkylation sites (tertiary alicyclic amines) is 1. The number of anilines is 1. The molecule has 4 aromatic rings. The Morgan fingerprint density at radius 1 is 1.07 bits per heavy atom. The second-order valence-electron chi connectivity index (χ2n) is 11.9. The first kappa shape index (κ1) is 34.3. The second kappa shape index (κ2) is 16.1. The van der Waals surface area contributed by atoms with E-state index in [4.69, 9.17) is 4.74 Å². The minimum atomic E-state index is -0.620. The summed E-state index contributed by atoms with van der Waals surface area (Å²) < 4.78 is 5.87. The first-order valence-electron chi connectivity index (χ1n) is 16.5. The average Bonchev–Trinajstić information content (AvgIpc) is 3.55. The number of H-pyrrole nitrogens is 1. The van der Waals surface area contributed by atoms with E-state index in [2.05, 4.69) is 77.3 Å². The smallest absolute Gasteiger partial charge is 0.412 e. The van der Waals surface area contributed by atoms with Gasteiger partial charge in [-0.1, -0.05) is 87.5 Å². The van der Waals surface area contributed by atoms with Gasteiger partial charge in [-0.3, -0.25) is 15.2 Å². The van der Waals surface area contributed by atoms with Crippen molar-refractivity contribution in [2.45, 2.75) is 72.3 Å². The maximum absolute atomic E-state index is 13.2. The molecule has 6 rings (SSSR count). The number of para-hydroxylation sites is 1. The molecule has 2 aliphatic heterocycles. The number of carbonyl (C=O) groups is 2. The third kappa shape index (κ3) is 8.36. The van der Waals surface area contributed by atoms with Crippen LogP contribution in [-0.4, -0.2) is 46.7 Å². The molecule has 1 fully saturated rings. The fourth-order valence-electron chi connectivity index (χ4n) is 6.23. The molecule has 2 amide bonds. The fraction of sp³-hybridized carbons (Fsp3) is 0.395. The minimum absolute atomic E-state index is 0.0580. The van der Waals surface area contributed by atoms with Gasteiger partial charge in [0.15, 0.2) is 0 Å². The number of rotatable bonds is 8. The first-order valence-corrected chi connectivity index (χ1v) is 16.5. The Morgan fingerprint density at radius 2 is 1.76 bits per heavy atom. The Balaban J connectivity index is 0.000000466. The monoisotopic (exact) mass is 623 g/mol. The summed E-state index contributed by atoms with van der Waals surface area (Å²) in [5.41, 5.74) is 6.77. The zero-order valence-electron chi connectivity index (χ0n) is 28.0. The largest absolute Gasteiger partial charge is 0.438 e. The van der Waals surface area contributed by atoms with Crippen LogP contribution in [0, 0.1) is 19.8 Å². The first-order chi connectivity index (χ1) is 22.3. The summed E-state index contributed by atoms with van der Waals surface area (Å²) in [7, 11) is 0. The number of hydrogen-bond donors (Lipinski definition) is 3. The lowest BCUT2D eigenvalue weighted by Gasteiger charge is -2.45. The number of aryl methyl sites for hydroxylation is 2. The summed E-state index contributed by atoms with van der Waals surface area (Å²) in [6.07, 6.45) is 4.88. The van der Waals surface area contributed by atoms with E-state index in [1.807, 2.05) is 62.5 Å². The number of carbonyl (C=O) groups excluding carboxylic acids is 2. The number of fused-ring (bicyclic) bond motifs is 3. The molecule has 1 spiro atoms. The van der Waals surface area contributed by atoms with Crippen LogP contribution in [0.15, 0.2) is 85.2 Å². The molecule has 0 aliphatic carbocycles. The van der Waals surface area contributed by atoms with Gasteiger partial charge in [-0.25, -0.2) is 4.79 Å². The molecule has 244 valence electrons. The zero-order valence-corrected chi connectivity index (χ0v) is 28.0. The van der Waals surface area contributed by atoms with E-state index in [0.717, 1.165) is 45.4 Å². The molecule has 1 atom stereocenters. The van der Waals surface area contributed by atoms with Crippen LogP contribution < -0.4 is 10.6 Å². The Labute approximate surface area is 273 Å². The lowest BCUT2D eigenvalue weighted by molar-refractivity contribution is -0.125. The number of ether oxygens (including phenoxy) is 1. The highest BCUT2D eigenvalue weighted by atomic mass is 16.6. The Morgan fingerprint density at radius 3 is 2.43 bits per heavy atom. The van der Waals surface area contributed by atoms with Gasteiger partial charge in [0.25, 0.3) is 0 Å². The number of aromatic nitrogens is 2. The number of nitrogens with zero attached hydrogens (tertiary/aromatic N) is 2. The molecule has 46 heavy (non-hydrogen) atoms. The van der Waals surface area contributed by atoms with E-state index in [9.17, 15) is 9.59 Å². The van der Waals surface area contributed by atoms with E-state index in [1.165, 1.54) is 5.56 Å². The van der Waals surface area contributed by atoms with Crippen LogP contribution in [0.4, 0.5) is 10.5 Å². The van der Waals surface area contributed by atoms with Gasteiger partial charge in [0, 0.05) is 55.0 Å². The van der Waals surface area contributed by atoms with E-state index in [0.29, 0.717) is 45.3 Å². The molecule has 3 aromatic carbocycles. The van der Waals surface area contributed by atoms with Crippen LogP contribution in [0.2, 0.25) is 0 Å². The van der Waals surface area contributed by atoms with Crippen LogP contribution >= 0.6 is 0 Å². The topological polar surface area (TPSA) is 99.3 Å². The predicted molar refractivity (Wildman–Crippen MR) is 187 cm³/mol. The molecule has 0 saturated carbocycles. The van der Waals surface area contributed by atoms with Crippen molar-refractivity contribution in [3.8, 4) is 0 Å². The molecular formula is C38H49N5O3. The number of benzene rings is 3. The van der Waals surface area contributed by atoms with Crippen molar-refractivity contribution in [2.24, 2.45) is 5.92 Å². The van der Waals surface area contributed by atoms with Crippen LogP contribution in [0.25, 0.3) is 10.9 Å². The maximum Gasteiger partial charge on any atom is 0.412 e. The molecule has 2 aliphatic rings. The van der Waals surface area contributed by atoms with Gasteiger partial charge in [-0.05, 0) is 56.4 Å². The number of aromatic amines is 1. The summed E-state index contributed by atoms with van der Waals surface area (Å²) in [6, 6.07) is 22.4. The minimum Gasteiger partial charge on any atom is -0.438 e. The number of hydrogen-bond acceptors (Lipinski definition) is 5. The molecular weight excluding hydrogens is 574 g/mol. The van der Waals surface area contributed by atoms with Gasteiger partial charge >= 0.3 is 6.09 Å². The SMILES string of the molecule is C=C(CC(Cc1cc(C)c2[nH]ncc2c1)C(=O)NCCC)N1CCC2(CC1)OC(=O)Nc1ccccc12.CC.Cc1ccccc1. The van der Waals surface area contributed by atoms with Crippen molar-refractivity contribution in [3.63, 3.8) is 0 Å². The van der Waals surface area contributed by atoms with E-state index in [1.54, 1.807) is 0 Å². The molecule has 8 nitrogen and oxygen atoms in total. The van der Waals surface area contributed by atoms with Crippen molar-refractivity contribution >= 4 is 28.6 Å². The molecule has 0 radical (unpaired) electrons. The van der Waals surface area contributed by atoms with Gasteiger partial charge in [0.1, 0.15) is 5.60 Å². The van der Waals surface area contributed by atoms with Crippen molar-refractivity contribution in [1.82, 2.24) is 20.4 Å². The Hall–Kier alpha value is -4.59. The number of allylic oxidation sites excluding steroid dienone is 1. The quantitative estimate of drug-likeness (QED) is 0.185. The van der Waals surface area contributed by atoms with Gasteiger partial charge < -0.3 is 15.0 Å². The lowest BCUT2D eigenvalue weighted by atomic mass is 9.82. The van der Waals surface area contributed by atoms with Gasteiger partial charge in [0.05, 0.1) is 17.4 Å². The Bertz CT molecular complexity index is 1610. The molecule has 0 bridgehead atoms. The Kier molecular flexibility index (Phi) is 12.0. The summed E-state index contributed by atoms with van der Waals surface area (Å²) in [4.78, 5) is 27.7. The van der Waals surface area contributed by atoms with Crippen molar-refractivity contribution in [2.75, 3.05) is 25.0 Å². The predicted octanol–water partition coefficient (Wildman–Crippen LogP) is 8.03. The molecule has 1 saturated heterocycles. The average molecular weight is 624 g/mol. The molecule has 1 aromatic heterocycles. The summed E-state index contributed by atoms with van der Waals surface area (Å²) >= 11 is 0. The normalized spacial score (nSPS) is 15.2. The third-order valence-corrected chi connectivity index (χ3v) is 8.59.